The molecule has 58 valence electrons. The normalized spacial score (nSPS) is 9.73. The van der Waals surface area contributed by atoms with Crippen LogP contribution in [-0.4, -0.2) is 6.29 Å². The lowest BCUT2D eigenvalue weighted by Crippen LogP contribution is -1.88. The van der Waals surface area contributed by atoms with Crippen LogP contribution in [0.15, 0.2) is 12.1 Å². The molecule has 1 aromatic rings. The summed E-state index contributed by atoms with van der Waals surface area (Å²) in [6.45, 7) is 3.83. The van der Waals surface area contributed by atoms with Crippen LogP contribution < -0.4 is 0 Å². The van der Waals surface area contributed by atoms with Crippen LogP contribution in [0.25, 0.3) is 0 Å². The highest BCUT2D eigenvalue weighted by Gasteiger charge is 2.02. The highest BCUT2D eigenvalue weighted by molar-refractivity contribution is 6.33. The lowest BCUT2D eigenvalue weighted by molar-refractivity contribution is 0.112. The van der Waals surface area contributed by atoms with E-state index in [4.69, 9.17) is 11.6 Å². The van der Waals surface area contributed by atoms with Gasteiger partial charge in [-0.1, -0.05) is 17.7 Å². The highest BCUT2D eigenvalue weighted by atomic mass is 35.5. The van der Waals surface area contributed by atoms with Gasteiger partial charge in [0.25, 0.3) is 0 Å². The fourth-order valence-electron chi connectivity index (χ4n) is 1.08. The molecule has 0 amide bonds. The Kier molecular flexibility index (Phi) is 2.30. The number of hydrogen-bond donors (Lipinski definition) is 0. The van der Waals surface area contributed by atoms with E-state index in [-0.39, 0.29) is 0 Å². The summed E-state index contributed by atoms with van der Waals surface area (Å²) in [7, 11) is 0. The Morgan fingerprint density at radius 3 is 2.45 bits per heavy atom. The molecule has 11 heavy (non-hydrogen) atoms. The molecule has 0 aliphatic carbocycles. The summed E-state index contributed by atoms with van der Waals surface area (Å²) in [5.74, 6) is 0. The molecule has 0 radical (unpaired) electrons. The van der Waals surface area contributed by atoms with Gasteiger partial charge in [0.15, 0.2) is 6.29 Å². The molecular weight excluding hydrogens is 160 g/mol. The molecule has 0 aliphatic rings. The van der Waals surface area contributed by atoms with Gasteiger partial charge in [0.05, 0.1) is 5.02 Å². The molecule has 0 saturated carbocycles. The maximum Gasteiger partial charge on any atom is 0.151 e. The smallest absolute Gasteiger partial charge is 0.151 e. The number of rotatable bonds is 1. The van der Waals surface area contributed by atoms with Crippen molar-refractivity contribution in [1.29, 1.82) is 0 Å². The Labute approximate surface area is 71.0 Å². The van der Waals surface area contributed by atoms with Gasteiger partial charge in [-0.2, -0.15) is 0 Å². The van der Waals surface area contributed by atoms with Gasteiger partial charge in [-0.25, -0.2) is 0 Å². The topological polar surface area (TPSA) is 17.1 Å². The van der Waals surface area contributed by atoms with Crippen LogP contribution in [0.2, 0.25) is 5.02 Å². The first-order valence-corrected chi connectivity index (χ1v) is 3.75. The molecule has 0 unspecified atom stereocenters. The van der Waals surface area contributed by atoms with E-state index >= 15 is 0 Å². The monoisotopic (exact) mass is 168 g/mol. The van der Waals surface area contributed by atoms with Gasteiger partial charge in [-0.3, -0.25) is 4.79 Å². The van der Waals surface area contributed by atoms with Crippen LogP contribution in [0.5, 0.6) is 0 Å². The van der Waals surface area contributed by atoms with Crippen LogP contribution in [0.3, 0.4) is 0 Å². The van der Waals surface area contributed by atoms with E-state index in [1.54, 1.807) is 6.07 Å². The quantitative estimate of drug-likeness (QED) is 0.590. The predicted molar refractivity (Wildman–Crippen MR) is 46.3 cm³/mol. The molecule has 0 N–H and O–H groups in total. The Morgan fingerprint density at radius 2 is 2.00 bits per heavy atom. The van der Waals surface area contributed by atoms with Gasteiger partial charge < -0.3 is 0 Å². The highest BCUT2D eigenvalue weighted by Crippen LogP contribution is 2.19. The van der Waals surface area contributed by atoms with Gasteiger partial charge in [0, 0.05) is 5.56 Å². The summed E-state index contributed by atoms with van der Waals surface area (Å²) in [6, 6.07) is 3.73. The fraction of sp³-hybridized carbons (Fsp3) is 0.222. The second-order valence-electron chi connectivity index (χ2n) is 2.60. The number of benzene rings is 1. The molecule has 0 aromatic heterocycles. The van der Waals surface area contributed by atoms with E-state index < -0.39 is 0 Å². The Morgan fingerprint density at radius 1 is 1.36 bits per heavy atom. The van der Waals surface area contributed by atoms with Crippen molar-refractivity contribution in [2.45, 2.75) is 13.8 Å². The number of aryl methyl sites for hydroxylation is 2. The van der Waals surface area contributed by atoms with Crippen LogP contribution in [0.4, 0.5) is 0 Å². The maximum atomic E-state index is 10.5. The summed E-state index contributed by atoms with van der Waals surface area (Å²) in [6.07, 6.45) is 0.789. The van der Waals surface area contributed by atoms with E-state index in [9.17, 15) is 4.79 Å². The minimum atomic E-state index is 0.539. The van der Waals surface area contributed by atoms with Crippen LogP contribution in [0.1, 0.15) is 21.5 Å². The Balaban J connectivity index is 3.36. The molecule has 0 saturated heterocycles. The zero-order valence-electron chi connectivity index (χ0n) is 6.52. The first kappa shape index (κ1) is 8.28. The van der Waals surface area contributed by atoms with Crippen molar-refractivity contribution < 1.29 is 4.79 Å². The third-order valence-corrected chi connectivity index (χ3v) is 1.91. The molecular formula is C9H9ClO. The van der Waals surface area contributed by atoms with Gasteiger partial charge in [0.1, 0.15) is 0 Å². The number of aldehydes is 1. The average Bonchev–Trinajstić information content (AvgIpc) is 1.85. The van der Waals surface area contributed by atoms with E-state index in [0.29, 0.717) is 10.6 Å². The fourth-order valence-corrected chi connectivity index (χ4v) is 1.44. The van der Waals surface area contributed by atoms with Crippen LogP contribution in [0, 0.1) is 13.8 Å². The molecule has 0 bridgehead atoms. The zero-order chi connectivity index (χ0) is 8.43. The third-order valence-electron chi connectivity index (χ3n) is 1.60. The van der Waals surface area contributed by atoms with Crippen molar-refractivity contribution in [3.63, 3.8) is 0 Å². The van der Waals surface area contributed by atoms with Crippen molar-refractivity contribution in [2.24, 2.45) is 0 Å². The number of halogens is 1. The van der Waals surface area contributed by atoms with E-state index in [1.165, 1.54) is 0 Å². The van der Waals surface area contributed by atoms with E-state index in [1.807, 2.05) is 19.9 Å². The number of carbonyl (C=O) groups excluding carboxylic acids is 1. The largest absolute Gasteiger partial charge is 0.298 e. The lowest BCUT2D eigenvalue weighted by atomic mass is 10.1. The third kappa shape index (κ3) is 1.60. The van der Waals surface area contributed by atoms with E-state index in [0.717, 1.165) is 17.4 Å². The van der Waals surface area contributed by atoms with Crippen molar-refractivity contribution in [3.05, 3.63) is 33.8 Å². The van der Waals surface area contributed by atoms with Crippen molar-refractivity contribution in [3.8, 4) is 0 Å². The van der Waals surface area contributed by atoms with Crippen LogP contribution in [-0.2, 0) is 0 Å². The van der Waals surface area contributed by atoms with Crippen molar-refractivity contribution in [2.75, 3.05) is 0 Å². The Hall–Kier alpha value is -0.820. The summed E-state index contributed by atoms with van der Waals surface area (Å²) >= 11 is 5.80. The number of carbonyl (C=O) groups is 1. The minimum Gasteiger partial charge on any atom is -0.298 e. The number of hydrogen-bond acceptors (Lipinski definition) is 1. The second kappa shape index (κ2) is 3.05. The zero-order valence-corrected chi connectivity index (χ0v) is 7.27. The molecule has 0 aliphatic heterocycles. The summed E-state index contributed by atoms with van der Waals surface area (Å²) in [4.78, 5) is 10.5. The molecule has 1 nitrogen and oxygen atoms in total. The molecule has 0 heterocycles. The standard InChI is InChI=1S/C9H9ClO/c1-6-3-7(2)8(5-11)9(10)4-6/h3-5H,1-2H3. The summed E-state index contributed by atoms with van der Waals surface area (Å²) in [5, 5.41) is 0.539. The first-order valence-electron chi connectivity index (χ1n) is 3.37. The molecule has 1 rings (SSSR count). The molecule has 0 fully saturated rings. The lowest BCUT2D eigenvalue weighted by Gasteiger charge is -2.01. The predicted octanol–water partition coefficient (Wildman–Crippen LogP) is 2.77. The molecule has 1 aromatic carbocycles. The minimum absolute atomic E-state index is 0.539. The molecule has 0 atom stereocenters. The van der Waals surface area contributed by atoms with Gasteiger partial charge in [-0.15, -0.1) is 0 Å². The van der Waals surface area contributed by atoms with Gasteiger partial charge in [-0.05, 0) is 31.0 Å². The van der Waals surface area contributed by atoms with Crippen molar-refractivity contribution >= 4 is 17.9 Å². The van der Waals surface area contributed by atoms with E-state index in [2.05, 4.69) is 0 Å². The van der Waals surface area contributed by atoms with Crippen molar-refractivity contribution in [1.82, 2.24) is 0 Å². The molecule has 2 heteroatoms. The maximum absolute atomic E-state index is 10.5. The summed E-state index contributed by atoms with van der Waals surface area (Å²) in [5.41, 5.74) is 2.61. The van der Waals surface area contributed by atoms with Gasteiger partial charge in [0.2, 0.25) is 0 Å². The van der Waals surface area contributed by atoms with Crippen LogP contribution >= 0.6 is 11.6 Å². The Bertz CT molecular complexity index is 269. The van der Waals surface area contributed by atoms with Gasteiger partial charge >= 0.3 is 0 Å². The first-order chi connectivity index (χ1) is 5.15. The second-order valence-corrected chi connectivity index (χ2v) is 3.00. The summed E-state index contributed by atoms with van der Waals surface area (Å²) < 4.78 is 0. The SMILES string of the molecule is Cc1cc(C)c(C=O)c(Cl)c1. The molecule has 0 spiro atoms. The average molecular weight is 169 g/mol.